The molecule has 0 aliphatic carbocycles. The summed E-state index contributed by atoms with van der Waals surface area (Å²) in [5.74, 6) is 1.16. The number of H-pyrrole nitrogens is 1. The van der Waals surface area contributed by atoms with Crippen molar-refractivity contribution in [3.05, 3.63) is 52.6 Å². The van der Waals surface area contributed by atoms with E-state index < -0.39 is 0 Å². The van der Waals surface area contributed by atoms with Crippen LogP contribution in [0.25, 0.3) is 17.1 Å². The first-order chi connectivity index (χ1) is 13.8. The van der Waals surface area contributed by atoms with E-state index in [2.05, 4.69) is 48.1 Å². The molecule has 0 spiro atoms. The molecule has 2 N–H and O–H groups in total. The van der Waals surface area contributed by atoms with Crippen molar-refractivity contribution in [3.63, 3.8) is 0 Å². The third-order valence-electron chi connectivity index (χ3n) is 4.72. The van der Waals surface area contributed by atoms with E-state index in [1.54, 1.807) is 10.8 Å². The number of hydrogen-bond acceptors (Lipinski definition) is 3. The molecule has 3 aromatic rings. The number of para-hydroxylation sites is 2. The second-order valence-electron chi connectivity index (χ2n) is 8.07. The van der Waals surface area contributed by atoms with Crippen molar-refractivity contribution >= 4 is 34.6 Å². The number of nitrogens with zero attached hydrogens (tertiary/aromatic N) is 3. The number of aromatic nitrogens is 4. The maximum absolute atomic E-state index is 12.6. The van der Waals surface area contributed by atoms with Crippen LogP contribution >= 0.6 is 11.6 Å². The van der Waals surface area contributed by atoms with Crippen molar-refractivity contribution in [3.8, 4) is 0 Å². The number of fused-ring (bicyclic) bond motifs is 1. The number of benzene rings is 1. The molecule has 0 saturated heterocycles. The van der Waals surface area contributed by atoms with Gasteiger partial charge in [-0.2, -0.15) is 5.10 Å². The van der Waals surface area contributed by atoms with E-state index in [1.807, 2.05) is 31.2 Å². The molecule has 0 bridgehead atoms. The molecule has 1 aromatic carbocycles. The van der Waals surface area contributed by atoms with Gasteiger partial charge in [0.25, 0.3) is 0 Å². The number of carbonyl (C=O) groups excluding carboxylic acids is 1. The minimum atomic E-state index is -0.222. The first-order valence-corrected chi connectivity index (χ1v) is 10.3. The van der Waals surface area contributed by atoms with Crippen molar-refractivity contribution in [1.29, 1.82) is 0 Å². The summed E-state index contributed by atoms with van der Waals surface area (Å²) in [6, 6.07) is 7.62. The van der Waals surface area contributed by atoms with Crippen LogP contribution in [0.3, 0.4) is 0 Å². The van der Waals surface area contributed by atoms with Gasteiger partial charge in [-0.05, 0) is 37.0 Å². The Kier molecular flexibility index (Phi) is 6.42. The largest absolute Gasteiger partial charge is 0.342 e. The number of rotatable bonds is 7. The Morgan fingerprint density at radius 1 is 1.28 bits per heavy atom. The lowest BCUT2D eigenvalue weighted by molar-refractivity contribution is -0.117. The van der Waals surface area contributed by atoms with E-state index in [0.717, 1.165) is 34.7 Å². The molecular formula is C22H28ClN5O. The smallest absolute Gasteiger partial charge is 0.244 e. The van der Waals surface area contributed by atoms with Crippen LogP contribution in [0.4, 0.5) is 0 Å². The molecule has 1 atom stereocenters. The SMILES string of the molecule is Cc1nn(CC(C)C)c(Cl)c1/C=C/C(=O)NC(c1nc2ccccc2[nH]1)C(C)C. The lowest BCUT2D eigenvalue weighted by Gasteiger charge is -2.19. The molecule has 0 fully saturated rings. The van der Waals surface area contributed by atoms with Crippen molar-refractivity contribution in [1.82, 2.24) is 25.1 Å². The molecular weight excluding hydrogens is 386 g/mol. The molecule has 0 radical (unpaired) electrons. The second kappa shape index (κ2) is 8.82. The molecule has 1 amide bonds. The Bertz CT molecular complexity index is 998. The van der Waals surface area contributed by atoms with Gasteiger partial charge in [-0.15, -0.1) is 0 Å². The Morgan fingerprint density at radius 3 is 2.66 bits per heavy atom. The summed E-state index contributed by atoms with van der Waals surface area (Å²) in [7, 11) is 0. The Labute approximate surface area is 176 Å². The third kappa shape index (κ3) is 4.88. The molecule has 2 aromatic heterocycles. The summed E-state index contributed by atoms with van der Waals surface area (Å²) in [5.41, 5.74) is 3.42. The van der Waals surface area contributed by atoms with Gasteiger partial charge in [0.1, 0.15) is 11.0 Å². The highest BCUT2D eigenvalue weighted by molar-refractivity contribution is 6.31. The van der Waals surface area contributed by atoms with E-state index in [0.29, 0.717) is 11.1 Å². The third-order valence-corrected chi connectivity index (χ3v) is 5.11. The fourth-order valence-corrected chi connectivity index (χ4v) is 3.56. The summed E-state index contributed by atoms with van der Waals surface area (Å²) in [6.07, 6.45) is 3.24. The lowest BCUT2D eigenvalue weighted by Crippen LogP contribution is -2.31. The van der Waals surface area contributed by atoms with Gasteiger partial charge in [0, 0.05) is 18.2 Å². The standard InChI is InChI=1S/C22H28ClN5O/c1-13(2)12-28-21(23)16(15(5)27-28)10-11-19(29)26-20(14(3)4)22-24-17-8-6-7-9-18(17)25-22/h6-11,13-14,20H,12H2,1-5H3,(H,24,25)(H,26,29)/b11-10+. The summed E-state index contributed by atoms with van der Waals surface area (Å²) >= 11 is 6.46. The quantitative estimate of drug-likeness (QED) is 0.540. The lowest BCUT2D eigenvalue weighted by atomic mass is 10.0. The molecule has 7 heteroatoms. The van der Waals surface area contributed by atoms with E-state index in [1.165, 1.54) is 6.08 Å². The highest BCUT2D eigenvalue weighted by atomic mass is 35.5. The van der Waals surface area contributed by atoms with Gasteiger partial charge >= 0.3 is 0 Å². The molecule has 154 valence electrons. The number of carbonyl (C=O) groups is 1. The normalized spacial score (nSPS) is 13.1. The van der Waals surface area contributed by atoms with Gasteiger partial charge in [0.2, 0.25) is 5.91 Å². The fraction of sp³-hybridized carbons (Fsp3) is 0.409. The molecule has 29 heavy (non-hydrogen) atoms. The zero-order valence-corrected chi connectivity index (χ0v) is 18.3. The zero-order chi connectivity index (χ0) is 21.1. The second-order valence-corrected chi connectivity index (χ2v) is 8.43. The molecule has 2 heterocycles. The average molecular weight is 414 g/mol. The molecule has 0 aliphatic heterocycles. The van der Waals surface area contributed by atoms with Crippen LogP contribution < -0.4 is 5.32 Å². The maximum atomic E-state index is 12.6. The predicted molar refractivity (Wildman–Crippen MR) is 118 cm³/mol. The molecule has 0 aliphatic rings. The summed E-state index contributed by atoms with van der Waals surface area (Å²) in [5, 5.41) is 8.08. The number of aryl methyl sites for hydroxylation is 1. The minimum Gasteiger partial charge on any atom is -0.342 e. The van der Waals surface area contributed by atoms with Crippen LogP contribution in [0.15, 0.2) is 30.3 Å². The molecule has 6 nitrogen and oxygen atoms in total. The minimum absolute atomic E-state index is 0.173. The van der Waals surface area contributed by atoms with Crippen LogP contribution in [0.5, 0.6) is 0 Å². The van der Waals surface area contributed by atoms with E-state index in [-0.39, 0.29) is 17.9 Å². The summed E-state index contributed by atoms with van der Waals surface area (Å²) < 4.78 is 1.78. The highest BCUT2D eigenvalue weighted by Gasteiger charge is 2.21. The van der Waals surface area contributed by atoms with Crippen molar-refractivity contribution in [2.24, 2.45) is 11.8 Å². The van der Waals surface area contributed by atoms with Gasteiger partial charge in [-0.25, -0.2) is 4.98 Å². The van der Waals surface area contributed by atoms with Crippen LogP contribution in [0.2, 0.25) is 5.15 Å². The van der Waals surface area contributed by atoms with Gasteiger partial charge < -0.3 is 10.3 Å². The topological polar surface area (TPSA) is 75.6 Å². The number of aromatic amines is 1. The van der Waals surface area contributed by atoms with Gasteiger partial charge in [0.15, 0.2) is 0 Å². The van der Waals surface area contributed by atoms with Crippen LogP contribution in [-0.2, 0) is 11.3 Å². The fourth-order valence-electron chi connectivity index (χ4n) is 3.25. The number of imidazole rings is 1. The van der Waals surface area contributed by atoms with Crippen LogP contribution in [0.1, 0.15) is 50.8 Å². The first kappa shape index (κ1) is 21.1. The number of hydrogen-bond donors (Lipinski definition) is 2. The average Bonchev–Trinajstić information content (AvgIpc) is 3.18. The van der Waals surface area contributed by atoms with Crippen molar-refractivity contribution in [2.45, 2.75) is 47.2 Å². The number of halogens is 1. The predicted octanol–water partition coefficient (Wildman–Crippen LogP) is 4.90. The van der Waals surface area contributed by atoms with E-state index in [4.69, 9.17) is 11.6 Å². The zero-order valence-electron chi connectivity index (χ0n) is 17.5. The maximum Gasteiger partial charge on any atom is 0.244 e. The molecule has 1 unspecified atom stereocenters. The van der Waals surface area contributed by atoms with Crippen molar-refractivity contribution < 1.29 is 4.79 Å². The molecule has 0 saturated carbocycles. The van der Waals surface area contributed by atoms with E-state index in [9.17, 15) is 4.79 Å². The van der Waals surface area contributed by atoms with Crippen LogP contribution in [-0.4, -0.2) is 25.7 Å². The van der Waals surface area contributed by atoms with E-state index >= 15 is 0 Å². The Hall–Kier alpha value is -2.60. The van der Waals surface area contributed by atoms with Gasteiger partial charge in [-0.1, -0.05) is 51.4 Å². The monoisotopic (exact) mass is 413 g/mol. The van der Waals surface area contributed by atoms with Gasteiger partial charge in [0.05, 0.1) is 22.8 Å². The molecule has 3 rings (SSSR count). The Morgan fingerprint density at radius 2 is 2.00 bits per heavy atom. The Balaban J connectivity index is 1.77. The number of amides is 1. The van der Waals surface area contributed by atoms with Crippen LogP contribution in [0, 0.1) is 18.8 Å². The number of nitrogens with one attached hydrogen (secondary N) is 2. The summed E-state index contributed by atoms with van der Waals surface area (Å²) in [6.45, 7) is 11.0. The summed E-state index contributed by atoms with van der Waals surface area (Å²) in [4.78, 5) is 20.6. The van der Waals surface area contributed by atoms with Crippen molar-refractivity contribution in [2.75, 3.05) is 0 Å². The first-order valence-electron chi connectivity index (χ1n) is 9.92. The highest BCUT2D eigenvalue weighted by Crippen LogP contribution is 2.24. The van der Waals surface area contributed by atoms with Gasteiger partial charge in [-0.3, -0.25) is 9.48 Å².